The van der Waals surface area contributed by atoms with Gasteiger partial charge in [-0.3, -0.25) is 14.4 Å². The summed E-state index contributed by atoms with van der Waals surface area (Å²) in [5.41, 5.74) is 0.780. The maximum Gasteiger partial charge on any atom is 0.253 e. The Balaban J connectivity index is 1.47. The summed E-state index contributed by atoms with van der Waals surface area (Å²) >= 11 is 0. The first-order chi connectivity index (χ1) is 10.3. The van der Waals surface area contributed by atoms with Crippen LogP contribution in [0.5, 0.6) is 0 Å². The zero-order valence-corrected chi connectivity index (χ0v) is 12.1. The quantitative estimate of drug-likeness (QED) is 0.851. The molecule has 5 nitrogen and oxygen atoms in total. The third-order valence-electron chi connectivity index (χ3n) is 3.88. The minimum absolute atomic E-state index is 0.141. The average molecular weight is 284 g/mol. The summed E-state index contributed by atoms with van der Waals surface area (Å²) in [4.78, 5) is 16.7. The van der Waals surface area contributed by atoms with Crippen LogP contribution < -0.4 is 0 Å². The van der Waals surface area contributed by atoms with Crippen LogP contribution in [0.4, 0.5) is 0 Å². The maximum atomic E-state index is 12.3. The standard InChI is InChI=1S/C16H20N4O/c21-16(15-5-2-1-3-6-15)19-12-9-18(10-13-19)11-14-20-8-4-7-17-20/h1-8H,9-14H2. The van der Waals surface area contributed by atoms with Gasteiger partial charge in [-0.15, -0.1) is 0 Å². The molecule has 0 bridgehead atoms. The fraction of sp³-hybridized carbons (Fsp3) is 0.375. The van der Waals surface area contributed by atoms with Crippen LogP contribution in [0.2, 0.25) is 0 Å². The molecule has 5 heteroatoms. The average Bonchev–Trinajstić information content (AvgIpc) is 3.07. The molecule has 110 valence electrons. The number of hydrogen-bond acceptors (Lipinski definition) is 3. The zero-order chi connectivity index (χ0) is 14.5. The Morgan fingerprint density at radius 1 is 1.00 bits per heavy atom. The van der Waals surface area contributed by atoms with Crippen molar-refractivity contribution >= 4 is 5.91 Å². The predicted octanol–water partition coefficient (Wildman–Crippen LogP) is 1.34. The molecule has 0 N–H and O–H groups in total. The molecule has 1 fully saturated rings. The highest BCUT2D eigenvalue weighted by Gasteiger charge is 2.21. The van der Waals surface area contributed by atoms with E-state index in [0.717, 1.165) is 44.8 Å². The lowest BCUT2D eigenvalue weighted by atomic mass is 10.2. The van der Waals surface area contributed by atoms with Crippen LogP contribution in [-0.4, -0.2) is 58.2 Å². The second-order valence-corrected chi connectivity index (χ2v) is 5.27. The van der Waals surface area contributed by atoms with Crippen LogP contribution in [0.25, 0.3) is 0 Å². The lowest BCUT2D eigenvalue weighted by molar-refractivity contribution is 0.0632. The van der Waals surface area contributed by atoms with Gasteiger partial charge in [-0.25, -0.2) is 0 Å². The van der Waals surface area contributed by atoms with E-state index >= 15 is 0 Å². The number of benzene rings is 1. The predicted molar refractivity (Wildman–Crippen MR) is 81.0 cm³/mol. The van der Waals surface area contributed by atoms with E-state index in [2.05, 4.69) is 10.00 Å². The molecule has 1 aromatic carbocycles. The Hall–Kier alpha value is -2.14. The van der Waals surface area contributed by atoms with Crippen LogP contribution in [0.15, 0.2) is 48.8 Å². The molecule has 0 spiro atoms. The van der Waals surface area contributed by atoms with Gasteiger partial charge in [0.2, 0.25) is 0 Å². The monoisotopic (exact) mass is 284 g/mol. The third kappa shape index (κ3) is 3.49. The second-order valence-electron chi connectivity index (χ2n) is 5.27. The number of rotatable bonds is 4. The van der Waals surface area contributed by atoms with Crippen molar-refractivity contribution in [2.45, 2.75) is 6.54 Å². The maximum absolute atomic E-state index is 12.3. The Kier molecular flexibility index (Phi) is 4.31. The van der Waals surface area contributed by atoms with Gasteiger partial charge in [0.05, 0.1) is 6.54 Å². The first-order valence-electron chi connectivity index (χ1n) is 7.37. The van der Waals surface area contributed by atoms with E-state index < -0.39 is 0 Å². The minimum Gasteiger partial charge on any atom is -0.336 e. The highest BCUT2D eigenvalue weighted by atomic mass is 16.2. The molecular formula is C16H20N4O. The molecule has 1 amide bonds. The number of amides is 1. The fourth-order valence-corrected chi connectivity index (χ4v) is 2.61. The molecule has 0 aliphatic carbocycles. The molecule has 1 saturated heterocycles. The van der Waals surface area contributed by atoms with E-state index in [9.17, 15) is 4.79 Å². The van der Waals surface area contributed by atoms with Gasteiger partial charge < -0.3 is 4.90 Å². The molecule has 2 aromatic rings. The summed E-state index contributed by atoms with van der Waals surface area (Å²) in [6.07, 6.45) is 3.78. The zero-order valence-electron chi connectivity index (χ0n) is 12.1. The van der Waals surface area contributed by atoms with Crippen molar-refractivity contribution in [3.63, 3.8) is 0 Å². The lowest BCUT2D eigenvalue weighted by Gasteiger charge is -2.34. The van der Waals surface area contributed by atoms with Crippen LogP contribution in [0.3, 0.4) is 0 Å². The highest BCUT2D eigenvalue weighted by Crippen LogP contribution is 2.08. The second kappa shape index (κ2) is 6.54. The third-order valence-corrected chi connectivity index (χ3v) is 3.88. The molecule has 2 heterocycles. The van der Waals surface area contributed by atoms with Crippen molar-refractivity contribution in [2.24, 2.45) is 0 Å². The molecule has 1 aliphatic rings. The number of carbonyl (C=O) groups excluding carboxylic acids is 1. The summed E-state index contributed by atoms with van der Waals surface area (Å²) in [6.45, 7) is 5.34. The molecule has 3 rings (SSSR count). The van der Waals surface area contributed by atoms with Crippen molar-refractivity contribution < 1.29 is 4.79 Å². The summed E-state index contributed by atoms with van der Waals surface area (Å²) in [5, 5.41) is 4.21. The van der Waals surface area contributed by atoms with E-state index in [1.807, 2.05) is 52.2 Å². The van der Waals surface area contributed by atoms with Gasteiger partial charge in [0, 0.05) is 50.7 Å². The molecule has 0 atom stereocenters. The lowest BCUT2D eigenvalue weighted by Crippen LogP contribution is -2.49. The minimum atomic E-state index is 0.141. The van der Waals surface area contributed by atoms with E-state index in [1.165, 1.54) is 0 Å². The SMILES string of the molecule is O=C(c1ccccc1)N1CCN(CCn2cccn2)CC1. The first kappa shape index (κ1) is 13.8. The molecule has 0 radical (unpaired) electrons. The van der Waals surface area contributed by atoms with Gasteiger partial charge >= 0.3 is 0 Å². The van der Waals surface area contributed by atoms with Gasteiger partial charge in [0.25, 0.3) is 5.91 Å². The van der Waals surface area contributed by atoms with E-state index in [0.29, 0.717) is 0 Å². The summed E-state index contributed by atoms with van der Waals surface area (Å²) in [5.74, 6) is 0.141. The topological polar surface area (TPSA) is 41.4 Å². The summed E-state index contributed by atoms with van der Waals surface area (Å²) < 4.78 is 1.95. The van der Waals surface area contributed by atoms with Crippen LogP contribution in [0.1, 0.15) is 10.4 Å². The van der Waals surface area contributed by atoms with Gasteiger partial charge in [-0.05, 0) is 18.2 Å². The van der Waals surface area contributed by atoms with Crippen LogP contribution >= 0.6 is 0 Å². The molecule has 0 unspecified atom stereocenters. The Bertz CT molecular complexity index is 559. The summed E-state index contributed by atoms with van der Waals surface area (Å²) in [7, 11) is 0. The Labute approximate surface area is 124 Å². The van der Waals surface area contributed by atoms with Crippen LogP contribution in [0, 0.1) is 0 Å². The summed E-state index contributed by atoms with van der Waals surface area (Å²) in [6, 6.07) is 11.5. The number of aromatic nitrogens is 2. The van der Waals surface area contributed by atoms with Gasteiger partial charge in [-0.2, -0.15) is 5.10 Å². The van der Waals surface area contributed by atoms with Gasteiger partial charge in [0.1, 0.15) is 0 Å². The number of piperazine rings is 1. The van der Waals surface area contributed by atoms with E-state index in [4.69, 9.17) is 0 Å². The van der Waals surface area contributed by atoms with E-state index in [1.54, 1.807) is 6.20 Å². The normalized spacial score (nSPS) is 16.1. The molecule has 0 saturated carbocycles. The number of carbonyl (C=O) groups is 1. The smallest absolute Gasteiger partial charge is 0.253 e. The molecule has 1 aromatic heterocycles. The molecular weight excluding hydrogens is 264 g/mol. The van der Waals surface area contributed by atoms with Gasteiger partial charge in [0.15, 0.2) is 0 Å². The Morgan fingerprint density at radius 3 is 2.43 bits per heavy atom. The van der Waals surface area contributed by atoms with Crippen molar-refractivity contribution in [3.05, 3.63) is 54.4 Å². The van der Waals surface area contributed by atoms with Gasteiger partial charge in [-0.1, -0.05) is 18.2 Å². The Morgan fingerprint density at radius 2 is 1.76 bits per heavy atom. The van der Waals surface area contributed by atoms with Crippen LogP contribution in [-0.2, 0) is 6.54 Å². The van der Waals surface area contributed by atoms with E-state index in [-0.39, 0.29) is 5.91 Å². The first-order valence-corrected chi connectivity index (χ1v) is 7.37. The van der Waals surface area contributed by atoms with Crippen molar-refractivity contribution in [1.82, 2.24) is 19.6 Å². The fourth-order valence-electron chi connectivity index (χ4n) is 2.61. The van der Waals surface area contributed by atoms with Crippen molar-refractivity contribution in [2.75, 3.05) is 32.7 Å². The highest BCUT2D eigenvalue weighted by molar-refractivity contribution is 5.94. The largest absolute Gasteiger partial charge is 0.336 e. The van der Waals surface area contributed by atoms with Crippen molar-refractivity contribution in [3.8, 4) is 0 Å². The molecule has 21 heavy (non-hydrogen) atoms. The number of hydrogen-bond donors (Lipinski definition) is 0. The number of nitrogens with zero attached hydrogens (tertiary/aromatic N) is 4. The molecule has 1 aliphatic heterocycles. The van der Waals surface area contributed by atoms with Crippen molar-refractivity contribution in [1.29, 1.82) is 0 Å².